The Morgan fingerprint density at radius 2 is 1.90 bits per heavy atom. The third kappa shape index (κ3) is 5.24. The summed E-state index contributed by atoms with van der Waals surface area (Å²) in [4.78, 5) is 27.1. The van der Waals surface area contributed by atoms with Gasteiger partial charge in [0.1, 0.15) is 11.6 Å². The van der Waals surface area contributed by atoms with Crippen molar-refractivity contribution in [3.8, 4) is 0 Å². The van der Waals surface area contributed by atoms with Crippen molar-refractivity contribution in [2.75, 3.05) is 13.7 Å². The Kier molecular flexibility index (Phi) is 6.89. The number of amides is 1. The van der Waals surface area contributed by atoms with Gasteiger partial charge in [0.2, 0.25) is 0 Å². The smallest absolute Gasteiger partial charge is 0.411 e. The summed E-state index contributed by atoms with van der Waals surface area (Å²) in [5.74, 6) is 1.09. The van der Waals surface area contributed by atoms with E-state index in [0.29, 0.717) is 24.8 Å². The van der Waals surface area contributed by atoms with Crippen LogP contribution in [0.2, 0.25) is 0 Å². The van der Waals surface area contributed by atoms with Gasteiger partial charge in [0.15, 0.2) is 0 Å². The average Bonchev–Trinajstić information content (AvgIpc) is 3.37. The van der Waals surface area contributed by atoms with E-state index in [9.17, 15) is 9.59 Å². The van der Waals surface area contributed by atoms with Crippen LogP contribution in [0.25, 0.3) is 0 Å². The molecule has 0 radical (unpaired) electrons. The number of aryl methyl sites for hydroxylation is 1. The number of likely N-dealkylation sites (tertiary alicyclic amines) is 1. The quantitative estimate of drug-likeness (QED) is 0.473. The van der Waals surface area contributed by atoms with Gasteiger partial charge in [-0.25, -0.2) is 9.59 Å². The number of hydrogen-bond donors (Lipinski definition) is 0. The first-order valence-electron chi connectivity index (χ1n) is 11.0. The van der Waals surface area contributed by atoms with E-state index >= 15 is 0 Å². The van der Waals surface area contributed by atoms with Crippen LogP contribution < -0.4 is 0 Å². The fourth-order valence-electron chi connectivity index (χ4n) is 4.95. The molecule has 0 aromatic heterocycles. The SMILES string of the molecule is C=CC[C@@H]1[C@@H](C2CC2CCc2ccccc2)CN(C(=O)OC(C)(C)C)[C@@H]1C(=O)OC. The first-order valence-corrected chi connectivity index (χ1v) is 11.0. The van der Waals surface area contributed by atoms with E-state index in [-0.39, 0.29) is 17.8 Å². The second-order valence-corrected chi connectivity index (χ2v) is 9.64. The van der Waals surface area contributed by atoms with Gasteiger partial charge in [-0.3, -0.25) is 4.90 Å². The summed E-state index contributed by atoms with van der Waals surface area (Å²) in [6, 6.07) is 9.94. The minimum Gasteiger partial charge on any atom is -0.467 e. The molecule has 0 N–H and O–H groups in total. The molecule has 5 heteroatoms. The molecule has 5 atom stereocenters. The van der Waals surface area contributed by atoms with E-state index in [2.05, 4.69) is 30.8 Å². The molecule has 1 aliphatic carbocycles. The molecule has 164 valence electrons. The molecule has 1 saturated heterocycles. The van der Waals surface area contributed by atoms with Crippen LogP contribution in [0.3, 0.4) is 0 Å². The molecule has 1 aromatic rings. The van der Waals surface area contributed by atoms with Crippen LogP contribution in [0.1, 0.15) is 45.6 Å². The van der Waals surface area contributed by atoms with Crippen LogP contribution >= 0.6 is 0 Å². The molecule has 3 rings (SSSR count). The molecular weight excluding hydrogens is 378 g/mol. The lowest BCUT2D eigenvalue weighted by atomic mass is 9.83. The van der Waals surface area contributed by atoms with Crippen LogP contribution in [0.5, 0.6) is 0 Å². The predicted molar refractivity (Wildman–Crippen MR) is 117 cm³/mol. The maximum Gasteiger partial charge on any atom is 0.411 e. The monoisotopic (exact) mass is 413 g/mol. The number of carbonyl (C=O) groups is 2. The molecule has 1 aliphatic heterocycles. The number of esters is 1. The van der Waals surface area contributed by atoms with Crippen molar-refractivity contribution in [1.29, 1.82) is 0 Å². The third-order valence-corrected chi connectivity index (χ3v) is 6.38. The zero-order chi connectivity index (χ0) is 21.9. The number of hydrogen-bond acceptors (Lipinski definition) is 4. The summed E-state index contributed by atoms with van der Waals surface area (Å²) in [5, 5.41) is 0. The largest absolute Gasteiger partial charge is 0.467 e. The van der Waals surface area contributed by atoms with E-state index in [0.717, 1.165) is 19.3 Å². The summed E-state index contributed by atoms with van der Waals surface area (Å²) in [7, 11) is 1.38. The molecule has 2 aliphatic rings. The van der Waals surface area contributed by atoms with Crippen molar-refractivity contribution in [1.82, 2.24) is 4.90 Å². The van der Waals surface area contributed by atoms with Crippen molar-refractivity contribution in [3.05, 3.63) is 48.6 Å². The Bertz CT molecular complexity index is 754. The van der Waals surface area contributed by atoms with Crippen LogP contribution in [-0.4, -0.2) is 42.3 Å². The van der Waals surface area contributed by atoms with Crippen molar-refractivity contribution in [2.24, 2.45) is 23.7 Å². The number of ether oxygens (including phenoxy) is 2. The summed E-state index contributed by atoms with van der Waals surface area (Å²) in [5.41, 5.74) is 0.752. The lowest BCUT2D eigenvalue weighted by Crippen LogP contribution is -2.46. The second kappa shape index (κ2) is 9.23. The first-order chi connectivity index (χ1) is 14.2. The predicted octanol–water partition coefficient (Wildman–Crippen LogP) is 4.86. The maximum atomic E-state index is 12.9. The first kappa shape index (κ1) is 22.4. The third-order valence-electron chi connectivity index (χ3n) is 6.38. The van der Waals surface area contributed by atoms with Crippen molar-refractivity contribution < 1.29 is 19.1 Å². The van der Waals surface area contributed by atoms with Gasteiger partial charge in [0.05, 0.1) is 7.11 Å². The minimum absolute atomic E-state index is 0.0224. The lowest BCUT2D eigenvalue weighted by molar-refractivity contribution is -0.147. The highest BCUT2D eigenvalue weighted by Gasteiger charge is 2.55. The average molecular weight is 414 g/mol. The van der Waals surface area contributed by atoms with Gasteiger partial charge < -0.3 is 9.47 Å². The number of allylic oxidation sites excluding steroid dienone is 1. The molecule has 1 heterocycles. The van der Waals surface area contributed by atoms with Crippen LogP contribution in [0.4, 0.5) is 4.79 Å². The molecule has 30 heavy (non-hydrogen) atoms. The van der Waals surface area contributed by atoms with Crippen molar-refractivity contribution >= 4 is 12.1 Å². The van der Waals surface area contributed by atoms with Gasteiger partial charge in [-0.15, -0.1) is 6.58 Å². The summed E-state index contributed by atoms with van der Waals surface area (Å²) in [6.45, 7) is 9.96. The zero-order valence-corrected chi connectivity index (χ0v) is 18.7. The Labute approximate surface area is 180 Å². The topological polar surface area (TPSA) is 55.8 Å². The Morgan fingerprint density at radius 3 is 2.50 bits per heavy atom. The van der Waals surface area contributed by atoms with Gasteiger partial charge in [-0.1, -0.05) is 36.4 Å². The number of methoxy groups -OCH3 is 1. The standard InChI is InChI=1S/C25H35NO4/c1-6-10-19-21(20-15-18(20)14-13-17-11-8-7-9-12-17)16-26(22(19)23(27)29-5)24(28)30-25(2,3)4/h6-9,11-12,18-22H,1,10,13-16H2,2-5H3/t18?,19-,20?,21+,22+/m1/s1. The normalized spacial score (nSPS) is 28.1. The molecule has 0 bridgehead atoms. The molecule has 0 spiro atoms. The molecular formula is C25H35NO4. The summed E-state index contributed by atoms with van der Waals surface area (Å²) >= 11 is 0. The Morgan fingerprint density at radius 1 is 1.20 bits per heavy atom. The van der Waals surface area contributed by atoms with Gasteiger partial charge in [0, 0.05) is 6.54 Å². The van der Waals surface area contributed by atoms with Crippen molar-refractivity contribution in [2.45, 2.75) is 58.1 Å². The molecule has 2 fully saturated rings. The molecule has 1 saturated carbocycles. The zero-order valence-electron chi connectivity index (χ0n) is 18.7. The lowest BCUT2D eigenvalue weighted by Gasteiger charge is -2.28. The van der Waals surface area contributed by atoms with E-state index in [1.807, 2.05) is 32.9 Å². The number of carbonyl (C=O) groups excluding carboxylic acids is 2. The highest BCUT2D eigenvalue weighted by molar-refractivity contribution is 5.82. The van der Waals surface area contributed by atoms with Crippen molar-refractivity contribution in [3.63, 3.8) is 0 Å². The maximum absolute atomic E-state index is 12.9. The minimum atomic E-state index is -0.610. The number of rotatable bonds is 7. The molecule has 2 unspecified atom stereocenters. The van der Waals surface area contributed by atoms with Gasteiger partial charge in [-0.05, 0) is 75.7 Å². The van der Waals surface area contributed by atoms with E-state index < -0.39 is 17.7 Å². The fourth-order valence-corrected chi connectivity index (χ4v) is 4.95. The summed E-state index contributed by atoms with van der Waals surface area (Å²) < 4.78 is 10.7. The summed E-state index contributed by atoms with van der Waals surface area (Å²) in [6.07, 6.45) is 5.47. The van der Waals surface area contributed by atoms with E-state index in [1.165, 1.54) is 12.7 Å². The van der Waals surface area contributed by atoms with Crippen LogP contribution in [0, 0.1) is 23.7 Å². The van der Waals surface area contributed by atoms with E-state index in [4.69, 9.17) is 9.47 Å². The molecule has 1 amide bonds. The molecule has 1 aromatic carbocycles. The highest BCUT2D eigenvalue weighted by atomic mass is 16.6. The molecule has 5 nitrogen and oxygen atoms in total. The number of benzene rings is 1. The van der Waals surface area contributed by atoms with Gasteiger partial charge >= 0.3 is 12.1 Å². The van der Waals surface area contributed by atoms with Crippen LogP contribution in [0.15, 0.2) is 43.0 Å². The van der Waals surface area contributed by atoms with Gasteiger partial charge in [0.25, 0.3) is 0 Å². The van der Waals surface area contributed by atoms with Gasteiger partial charge in [-0.2, -0.15) is 0 Å². The fraction of sp³-hybridized carbons (Fsp3) is 0.600. The Hall–Kier alpha value is -2.30. The highest BCUT2D eigenvalue weighted by Crippen LogP contribution is 2.53. The van der Waals surface area contributed by atoms with E-state index in [1.54, 1.807) is 4.90 Å². The second-order valence-electron chi connectivity index (χ2n) is 9.64. The number of nitrogens with zero attached hydrogens (tertiary/aromatic N) is 1. The van der Waals surface area contributed by atoms with Crippen LogP contribution in [-0.2, 0) is 20.7 Å². The Balaban J connectivity index is 1.72.